The third-order valence-corrected chi connectivity index (χ3v) is 4.17. The van der Waals surface area contributed by atoms with Crippen LogP contribution in [-0.4, -0.2) is 24.8 Å². The summed E-state index contributed by atoms with van der Waals surface area (Å²) in [6.45, 7) is -0.390. The average molecular weight is 389 g/mol. The van der Waals surface area contributed by atoms with Crippen molar-refractivity contribution in [1.29, 1.82) is 0 Å². The standard InChI is InChI=1S/C18H11F4N5O/c19-12-5-7-13(8-6-12)27-16-14(9-23-27)17(28)26(25-24-16)10-11-3-1-2-4-15(11)18(20,21)22/h1-9H,10H2. The second-order valence-electron chi connectivity index (χ2n) is 5.98. The number of fused-ring (bicyclic) bond motifs is 1. The van der Waals surface area contributed by atoms with Gasteiger partial charge < -0.3 is 0 Å². The molecule has 28 heavy (non-hydrogen) atoms. The summed E-state index contributed by atoms with van der Waals surface area (Å²) >= 11 is 0. The number of nitrogens with zero attached hydrogens (tertiary/aromatic N) is 5. The van der Waals surface area contributed by atoms with Crippen molar-refractivity contribution in [2.75, 3.05) is 0 Å². The Morgan fingerprint density at radius 1 is 1.00 bits per heavy atom. The summed E-state index contributed by atoms with van der Waals surface area (Å²) in [6, 6.07) is 10.3. The summed E-state index contributed by atoms with van der Waals surface area (Å²) in [5.41, 5.74) is -0.986. The minimum Gasteiger partial charge on any atom is -0.267 e. The molecule has 0 radical (unpaired) electrons. The minimum absolute atomic E-state index is 0.0869. The van der Waals surface area contributed by atoms with Crippen LogP contribution < -0.4 is 5.56 Å². The van der Waals surface area contributed by atoms with Crippen molar-refractivity contribution < 1.29 is 17.6 Å². The summed E-state index contributed by atoms with van der Waals surface area (Å²) < 4.78 is 54.7. The van der Waals surface area contributed by atoms with Gasteiger partial charge in [-0.25, -0.2) is 13.8 Å². The Kier molecular flexibility index (Phi) is 4.17. The zero-order valence-corrected chi connectivity index (χ0v) is 14.1. The lowest BCUT2D eigenvalue weighted by Crippen LogP contribution is -2.26. The highest BCUT2D eigenvalue weighted by Crippen LogP contribution is 2.32. The van der Waals surface area contributed by atoms with E-state index in [2.05, 4.69) is 15.4 Å². The zero-order chi connectivity index (χ0) is 19.9. The van der Waals surface area contributed by atoms with Crippen molar-refractivity contribution in [3.8, 4) is 5.69 Å². The van der Waals surface area contributed by atoms with Crippen LogP contribution in [0.15, 0.2) is 59.5 Å². The third-order valence-electron chi connectivity index (χ3n) is 4.17. The SMILES string of the molecule is O=c1c2cnn(-c3ccc(F)cc3)c2nnn1Cc1ccccc1C(F)(F)F. The highest BCUT2D eigenvalue weighted by atomic mass is 19.4. The van der Waals surface area contributed by atoms with Gasteiger partial charge in [0.2, 0.25) is 0 Å². The lowest BCUT2D eigenvalue weighted by molar-refractivity contribution is -0.138. The van der Waals surface area contributed by atoms with Crippen LogP contribution in [0.4, 0.5) is 17.6 Å². The summed E-state index contributed by atoms with van der Waals surface area (Å²) in [5, 5.41) is 11.8. The van der Waals surface area contributed by atoms with Gasteiger partial charge in [-0.15, -0.1) is 5.10 Å². The number of rotatable bonds is 3. The molecule has 0 bridgehead atoms. The van der Waals surface area contributed by atoms with Gasteiger partial charge in [0.25, 0.3) is 5.56 Å². The topological polar surface area (TPSA) is 65.6 Å². The smallest absolute Gasteiger partial charge is 0.267 e. The Hall–Kier alpha value is -3.56. The van der Waals surface area contributed by atoms with E-state index in [-0.39, 0.29) is 23.1 Å². The van der Waals surface area contributed by atoms with Crippen LogP contribution in [0.25, 0.3) is 16.7 Å². The molecule has 0 unspecified atom stereocenters. The molecule has 4 aromatic rings. The molecule has 6 nitrogen and oxygen atoms in total. The first kappa shape index (κ1) is 17.8. The van der Waals surface area contributed by atoms with Gasteiger partial charge in [-0.05, 0) is 35.9 Å². The molecule has 0 atom stereocenters. The first-order valence-corrected chi connectivity index (χ1v) is 8.07. The molecule has 142 valence electrons. The number of alkyl halides is 3. The van der Waals surface area contributed by atoms with Gasteiger partial charge in [0.05, 0.1) is 24.0 Å². The fourth-order valence-electron chi connectivity index (χ4n) is 2.84. The van der Waals surface area contributed by atoms with E-state index >= 15 is 0 Å². The van der Waals surface area contributed by atoms with Gasteiger partial charge in [0, 0.05) is 0 Å². The zero-order valence-electron chi connectivity index (χ0n) is 14.1. The normalized spacial score (nSPS) is 11.9. The van der Waals surface area contributed by atoms with Gasteiger partial charge in [0.1, 0.15) is 11.2 Å². The molecule has 0 amide bonds. The molecule has 0 fully saturated rings. The monoisotopic (exact) mass is 389 g/mol. The molecule has 4 rings (SSSR count). The molecule has 0 aliphatic heterocycles. The molecule has 2 heterocycles. The van der Waals surface area contributed by atoms with Crippen molar-refractivity contribution in [2.45, 2.75) is 12.7 Å². The average Bonchev–Trinajstić information content (AvgIpc) is 3.09. The number of benzene rings is 2. The molecule has 0 saturated carbocycles. The highest BCUT2D eigenvalue weighted by molar-refractivity contribution is 5.74. The first-order chi connectivity index (χ1) is 13.3. The molecule has 10 heteroatoms. The Morgan fingerprint density at radius 2 is 1.71 bits per heavy atom. The maximum atomic E-state index is 13.2. The number of aromatic nitrogens is 5. The van der Waals surface area contributed by atoms with E-state index in [4.69, 9.17) is 0 Å². The fraction of sp³-hybridized carbons (Fsp3) is 0.111. The highest BCUT2D eigenvalue weighted by Gasteiger charge is 2.33. The van der Waals surface area contributed by atoms with Crippen LogP contribution in [0.1, 0.15) is 11.1 Å². The molecule has 0 spiro atoms. The molecule has 0 N–H and O–H groups in total. The number of halogens is 4. The van der Waals surface area contributed by atoms with Gasteiger partial charge in [-0.1, -0.05) is 23.4 Å². The maximum Gasteiger partial charge on any atom is 0.416 e. The van der Waals surface area contributed by atoms with E-state index < -0.39 is 23.1 Å². The summed E-state index contributed by atoms with van der Waals surface area (Å²) in [7, 11) is 0. The maximum absolute atomic E-state index is 13.2. The second kappa shape index (κ2) is 6.55. The van der Waals surface area contributed by atoms with Crippen molar-refractivity contribution in [2.24, 2.45) is 0 Å². The largest absolute Gasteiger partial charge is 0.416 e. The first-order valence-electron chi connectivity index (χ1n) is 8.07. The number of hydrogen-bond donors (Lipinski definition) is 0. The van der Waals surface area contributed by atoms with E-state index in [1.54, 1.807) is 0 Å². The van der Waals surface area contributed by atoms with Crippen LogP contribution in [0.3, 0.4) is 0 Å². The van der Waals surface area contributed by atoms with E-state index in [0.29, 0.717) is 5.69 Å². The third kappa shape index (κ3) is 3.13. The minimum atomic E-state index is -4.55. The quantitative estimate of drug-likeness (QED) is 0.505. The van der Waals surface area contributed by atoms with Crippen LogP contribution >= 0.6 is 0 Å². The molecule has 2 aromatic carbocycles. The van der Waals surface area contributed by atoms with Crippen molar-refractivity contribution in [1.82, 2.24) is 24.8 Å². The predicted octanol–water partition coefficient (Wildman–Crippen LogP) is 3.18. The Bertz CT molecular complexity index is 1210. The Labute approximate surface area is 154 Å². The lowest BCUT2D eigenvalue weighted by atomic mass is 10.1. The van der Waals surface area contributed by atoms with Crippen LogP contribution in [0.5, 0.6) is 0 Å². The lowest BCUT2D eigenvalue weighted by Gasteiger charge is -2.12. The van der Waals surface area contributed by atoms with Crippen LogP contribution in [0.2, 0.25) is 0 Å². The predicted molar refractivity (Wildman–Crippen MR) is 91.4 cm³/mol. The molecular weight excluding hydrogens is 378 g/mol. The molecule has 2 aromatic heterocycles. The van der Waals surface area contributed by atoms with Crippen molar-refractivity contribution in [3.63, 3.8) is 0 Å². The van der Waals surface area contributed by atoms with Crippen LogP contribution in [0, 0.1) is 5.82 Å². The summed E-state index contributed by atoms with van der Waals surface area (Å²) in [4.78, 5) is 12.7. The van der Waals surface area contributed by atoms with E-state index in [9.17, 15) is 22.4 Å². The summed E-state index contributed by atoms with van der Waals surface area (Å²) in [5.74, 6) is -0.433. The van der Waals surface area contributed by atoms with Crippen molar-refractivity contribution in [3.05, 3.63) is 82.0 Å². The van der Waals surface area contributed by atoms with E-state index in [1.807, 2.05) is 0 Å². The van der Waals surface area contributed by atoms with E-state index in [1.165, 1.54) is 53.3 Å². The van der Waals surface area contributed by atoms with Gasteiger partial charge in [-0.2, -0.15) is 18.3 Å². The van der Waals surface area contributed by atoms with E-state index in [0.717, 1.165) is 10.7 Å². The molecule has 0 aliphatic carbocycles. The van der Waals surface area contributed by atoms with Crippen molar-refractivity contribution >= 4 is 11.0 Å². The Morgan fingerprint density at radius 3 is 2.43 bits per heavy atom. The van der Waals surface area contributed by atoms with Gasteiger partial charge in [-0.3, -0.25) is 4.79 Å². The summed E-state index contributed by atoms with van der Waals surface area (Å²) in [6.07, 6.45) is -3.30. The van der Waals surface area contributed by atoms with Crippen LogP contribution in [-0.2, 0) is 12.7 Å². The number of hydrogen-bond acceptors (Lipinski definition) is 4. The molecule has 0 aliphatic rings. The Balaban J connectivity index is 1.77. The molecule has 0 saturated heterocycles. The second-order valence-corrected chi connectivity index (χ2v) is 5.98. The van der Waals surface area contributed by atoms with Gasteiger partial charge in [0.15, 0.2) is 5.65 Å². The molecular formula is C18H11F4N5O. The van der Waals surface area contributed by atoms with Gasteiger partial charge >= 0.3 is 6.18 Å². The fourth-order valence-corrected chi connectivity index (χ4v) is 2.84.